The largest absolute Gasteiger partial charge is 0.451 e. The number of piperazine rings is 1. The summed E-state index contributed by atoms with van der Waals surface area (Å²) >= 11 is 1.54. The number of hydrogen-bond donors (Lipinski definition) is 1. The lowest BCUT2D eigenvalue weighted by molar-refractivity contribution is 0.0596. The number of hydrogen-bond acceptors (Lipinski definition) is 6. The van der Waals surface area contributed by atoms with Crippen LogP contribution in [0.3, 0.4) is 0 Å². The lowest BCUT2D eigenvalue weighted by Crippen LogP contribution is -2.48. The average Bonchev–Trinajstić information content (AvgIpc) is 3.39. The Morgan fingerprint density at radius 1 is 1.12 bits per heavy atom. The van der Waals surface area contributed by atoms with E-state index in [1.807, 2.05) is 13.8 Å². The number of rotatable bonds is 4. The molecule has 1 N–H and O–H groups in total. The molecule has 1 saturated heterocycles. The standard InChI is InChI=1S/C24H23FN4O3S/c1-14-15(2)33-23-21(14)22(30)26-20(27-23)13-28-9-11-29(12-10-28)24(31)19-8-7-18(32-19)16-3-5-17(25)6-4-16/h3-8H,9-13H2,1-2H3,(H,26,27,30). The second-order valence-electron chi connectivity index (χ2n) is 8.22. The van der Waals surface area contributed by atoms with Gasteiger partial charge in [0.15, 0.2) is 5.76 Å². The highest BCUT2D eigenvalue weighted by molar-refractivity contribution is 7.18. The van der Waals surface area contributed by atoms with Crippen molar-refractivity contribution in [2.75, 3.05) is 26.2 Å². The van der Waals surface area contributed by atoms with Crippen molar-refractivity contribution in [1.29, 1.82) is 0 Å². The second kappa shape index (κ2) is 8.57. The van der Waals surface area contributed by atoms with Crippen molar-refractivity contribution in [3.05, 3.63) is 74.6 Å². The molecule has 1 aliphatic rings. The Morgan fingerprint density at radius 2 is 1.85 bits per heavy atom. The average molecular weight is 467 g/mol. The molecule has 1 aliphatic heterocycles. The van der Waals surface area contributed by atoms with E-state index in [0.717, 1.165) is 20.8 Å². The molecule has 1 amide bonds. The normalized spacial score (nSPS) is 14.8. The number of fused-ring (bicyclic) bond motifs is 1. The van der Waals surface area contributed by atoms with Gasteiger partial charge in [-0.2, -0.15) is 0 Å². The Labute approximate surface area is 193 Å². The topological polar surface area (TPSA) is 82.4 Å². The predicted molar refractivity (Wildman–Crippen MR) is 125 cm³/mol. The summed E-state index contributed by atoms with van der Waals surface area (Å²) in [6.07, 6.45) is 0. The van der Waals surface area contributed by atoms with Gasteiger partial charge in [0, 0.05) is 36.6 Å². The van der Waals surface area contributed by atoms with E-state index in [2.05, 4.69) is 14.9 Å². The molecular formula is C24H23FN4O3S. The van der Waals surface area contributed by atoms with Crippen molar-refractivity contribution >= 4 is 27.5 Å². The first kappa shape index (κ1) is 21.5. The van der Waals surface area contributed by atoms with E-state index < -0.39 is 0 Å². The monoisotopic (exact) mass is 466 g/mol. The van der Waals surface area contributed by atoms with E-state index in [0.29, 0.717) is 49.7 Å². The summed E-state index contributed by atoms with van der Waals surface area (Å²) in [4.78, 5) is 38.8. The van der Waals surface area contributed by atoms with Gasteiger partial charge in [0.1, 0.15) is 22.2 Å². The number of amides is 1. The number of carbonyl (C=O) groups excluding carboxylic acids is 1. The van der Waals surface area contributed by atoms with E-state index in [1.165, 1.54) is 12.1 Å². The van der Waals surface area contributed by atoms with E-state index in [-0.39, 0.29) is 23.0 Å². The summed E-state index contributed by atoms with van der Waals surface area (Å²) in [5.41, 5.74) is 1.61. The molecule has 0 radical (unpaired) electrons. The minimum atomic E-state index is -0.320. The number of aryl methyl sites for hydroxylation is 2. The Morgan fingerprint density at radius 3 is 2.58 bits per heavy atom. The summed E-state index contributed by atoms with van der Waals surface area (Å²) in [5.74, 6) is 0.951. The molecule has 4 heterocycles. The zero-order chi connectivity index (χ0) is 23.1. The maximum atomic E-state index is 13.1. The molecule has 3 aromatic heterocycles. The quantitative estimate of drug-likeness (QED) is 0.492. The molecule has 0 aliphatic carbocycles. The summed E-state index contributed by atoms with van der Waals surface area (Å²) in [7, 11) is 0. The molecular weight excluding hydrogens is 443 g/mol. The third-order valence-electron chi connectivity index (χ3n) is 6.07. The number of nitrogens with zero attached hydrogens (tertiary/aromatic N) is 3. The summed E-state index contributed by atoms with van der Waals surface area (Å²) in [6.45, 7) is 6.91. The van der Waals surface area contributed by atoms with Crippen LogP contribution < -0.4 is 5.56 Å². The molecule has 0 unspecified atom stereocenters. The smallest absolute Gasteiger partial charge is 0.289 e. The minimum Gasteiger partial charge on any atom is -0.451 e. The maximum Gasteiger partial charge on any atom is 0.289 e. The van der Waals surface area contributed by atoms with Crippen LogP contribution in [0.25, 0.3) is 21.5 Å². The van der Waals surface area contributed by atoms with Gasteiger partial charge in [-0.05, 0) is 55.8 Å². The van der Waals surface area contributed by atoms with Gasteiger partial charge in [0.2, 0.25) is 0 Å². The van der Waals surface area contributed by atoms with Crippen LogP contribution in [-0.2, 0) is 6.54 Å². The first-order chi connectivity index (χ1) is 15.9. The maximum absolute atomic E-state index is 13.1. The number of H-pyrrole nitrogens is 1. The Hall–Kier alpha value is -3.30. The molecule has 0 saturated carbocycles. The van der Waals surface area contributed by atoms with Crippen molar-refractivity contribution in [3.8, 4) is 11.3 Å². The van der Waals surface area contributed by atoms with Crippen LogP contribution in [0, 0.1) is 19.7 Å². The number of benzene rings is 1. The fourth-order valence-corrected chi connectivity index (χ4v) is 5.12. The van der Waals surface area contributed by atoms with Gasteiger partial charge in [0.05, 0.1) is 11.9 Å². The van der Waals surface area contributed by atoms with Gasteiger partial charge in [-0.3, -0.25) is 14.5 Å². The number of thiophene rings is 1. The molecule has 33 heavy (non-hydrogen) atoms. The third kappa shape index (κ3) is 4.21. The number of halogens is 1. The van der Waals surface area contributed by atoms with Gasteiger partial charge in [0.25, 0.3) is 11.5 Å². The van der Waals surface area contributed by atoms with Crippen LogP contribution in [0.4, 0.5) is 4.39 Å². The molecule has 7 nitrogen and oxygen atoms in total. The van der Waals surface area contributed by atoms with Crippen molar-refractivity contribution < 1.29 is 13.6 Å². The van der Waals surface area contributed by atoms with Crippen LogP contribution in [0.2, 0.25) is 0 Å². The highest BCUT2D eigenvalue weighted by Crippen LogP contribution is 2.26. The number of nitrogens with one attached hydrogen (secondary N) is 1. The highest BCUT2D eigenvalue weighted by atomic mass is 32.1. The van der Waals surface area contributed by atoms with Crippen molar-refractivity contribution in [1.82, 2.24) is 19.8 Å². The van der Waals surface area contributed by atoms with E-state index >= 15 is 0 Å². The number of carbonyl (C=O) groups is 1. The lowest BCUT2D eigenvalue weighted by Gasteiger charge is -2.33. The predicted octanol–water partition coefficient (Wildman–Crippen LogP) is 3.96. The lowest BCUT2D eigenvalue weighted by atomic mass is 10.2. The van der Waals surface area contributed by atoms with Gasteiger partial charge in [-0.15, -0.1) is 11.3 Å². The Bertz CT molecular complexity index is 1380. The molecule has 170 valence electrons. The highest BCUT2D eigenvalue weighted by Gasteiger charge is 2.25. The summed E-state index contributed by atoms with van der Waals surface area (Å²) in [6, 6.07) is 9.34. The summed E-state index contributed by atoms with van der Waals surface area (Å²) in [5, 5.41) is 0.676. The fourth-order valence-electron chi connectivity index (χ4n) is 4.07. The SMILES string of the molecule is Cc1sc2nc(CN3CCN(C(=O)c4ccc(-c5ccc(F)cc5)o4)CC3)[nH]c(=O)c2c1C. The Balaban J connectivity index is 1.22. The minimum absolute atomic E-state index is 0.0968. The van der Waals surface area contributed by atoms with E-state index in [1.54, 1.807) is 40.5 Å². The van der Waals surface area contributed by atoms with Crippen LogP contribution in [0.15, 0.2) is 45.6 Å². The molecule has 5 rings (SSSR count). The van der Waals surface area contributed by atoms with Gasteiger partial charge in [-0.1, -0.05) is 0 Å². The van der Waals surface area contributed by atoms with Gasteiger partial charge < -0.3 is 14.3 Å². The third-order valence-corrected chi connectivity index (χ3v) is 7.17. The summed E-state index contributed by atoms with van der Waals surface area (Å²) < 4.78 is 18.9. The number of aromatic nitrogens is 2. The Kier molecular flexibility index (Phi) is 5.59. The zero-order valence-corrected chi connectivity index (χ0v) is 19.2. The van der Waals surface area contributed by atoms with E-state index in [4.69, 9.17) is 4.42 Å². The molecule has 0 bridgehead atoms. The molecule has 0 atom stereocenters. The second-order valence-corrected chi connectivity index (χ2v) is 9.42. The molecule has 4 aromatic rings. The van der Waals surface area contributed by atoms with Crippen LogP contribution in [0.5, 0.6) is 0 Å². The molecule has 9 heteroatoms. The molecule has 1 aromatic carbocycles. The molecule has 0 spiro atoms. The number of aromatic amines is 1. The number of furan rings is 1. The van der Waals surface area contributed by atoms with Gasteiger partial charge >= 0.3 is 0 Å². The fraction of sp³-hybridized carbons (Fsp3) is 0.292. The zero-order valence-electron chi connectivity index (χ0n) is 18.4. The van der Waals surface area contributed by atoms with Crippen molar-refractivity contribution in [2.45, 2.75) is 20.4 Å². The first-order valence-corrected chi connectivity index (χ1v) is 11.6. The van der Waals surface area contributed by atoms with Crippen LogP contribution in [-0.4, -0.2) is 51.9 Å². The molecule has 1 fully saturated rings. The van der Waals surface area contributed by atoms with E-state index in [9.17, 15) is 14.0 Å². The van der Waals surface area contributed by atoms with Crippen molar-refractivity contribution in [3.63, 3.8) is 0 Å². The first-order valence-electron chi connectivity index (χ1n) is 10.8. The van der Waals surface area contributed by atoms with Crippen molar-refractivity contribution in [2.24, 2.45) is 0 Å². The van der Waals surface area contributed by atoms with Gasteiger partial charge in [-0.25, -0.2) is 9.37 Å². The van der Waals surface area contributed by atoms with Crippen LogP contribution in [0.1, 0.15) is 26.8 Å². The van der Waals surface area contributed by atoms with Crippen LogP contribution >= 0.6 is 11.3 Å².